The number of hydrogen-bond donors (Lipinski definition) is 1. The third kappa shape index (κ3) is 3.48. The molecule has 2 heterocycles. The highest BCUT2D eigenvalue weighted by Crippen LogP contribution is 2.29. The highest BCUT2D eigenvalue weighted by atomic mass is 19.1. The molecule has 2 aromatic rings. The number of allylic oxidation sites excluding steroid dienone is 1. The lowest BCUT2D eigenvalue weighted by molar-refractivity contribution is -0.148. The third-order valence-electron chi connectivity index (χ3n) is 4.79. The first kappa shape index (κ1) is 18.2. The van der Waals surface area contributed by atoms with Crippen molar-refractivity contribution >= 4 is 5.91 Å². The van der Waals surface area contributed by atoms with Crippen LogP contribution < -0.4 is 0 Å². The molecule has 1 N–H and O–H groups in total. The average molecular weight is 383 g/mol. The smallest absolute Gasteiger partial charge is 0.276 e. The van der Waals surface area contributed by atoms with Gasteiger partial charge in [-0.05, 0) is 23.8 Å². The van der Waals surface area contributed by atoms with Gasteiger partial charge in [-0.15, -0.1) is 0 Å². The van der Waals surface area contributed by atoms with E-state index in [1.54, 1.807) is 57.5 Å². The maximum atomic E-state index is 14.2. The zero-order chi connectivity index (χ0) is 19.7. The average Bonchev–Trinajstić information content (AvgIpc) is 2.69. The quantitative estimate of drug-likeness (QED) is 0.875. The Morgan fingerprint density at radius 1 is 1.00 bits per heavy atom. The molecular formula is C21H19F2N3O2. The molecule has 2 aliphatic rings. The molecular weight excluding hydrogens is 364 g/mol. The topological polar surface area (TPSA) is 47.0 Å². The van der Waals surface area contributed by atoms with Crippen LogP contribution in [0, 0.1) is 11.6 Å². The van der Waals surface area contributed by atoms with E-state index in [1.807, 2.05) is 0 Å². The molecule has 4 rings (SSSR count). The van der Waals surface area contributed by atoms with Crippen LogP contribution >= 0.6 is 0 Å². The molecule has 1 fully saturated rings. The molecule has 1 saturated heterocycles. The van der Waals surface area contributed by atoms with E-state index in [0.717, 1.165) is 5.56 Å². The summed E-state index contributed by atoms with van der Waals surface area (Å²) in [6.45, 7) is 0.674. The fraction of sp³-hybridized carbons (Fsp3) is 0.190. The zero-order valence-electron chi connectivity index (χ0n) is 15.1. The molecule has 2 aromatic carbocycles. The molecule has 0 aliphatic carbocycles. The van der Waals surface area contributed by atoms with Crippen LogP contribution in [0.25, 0.3) is 0 Å². The molecule has 0 saturated carbocycles. The predicted octanol–water partition coefficient (Wildman–Crippen LogP) is 3.67. The first-order chi connectivity index (χ1) is 13.5. The van der Waals surface area contributed by atoms with E-state index < -0.39 is 0 Å². The standard InChI is InChI=1S/C21H19F2N3O2/c22-17-9-7-15(8-10-17)12-24-14-25(13-16-4-1-2-5-18(16)23)26-11-3-6-19(27)20(26)21(24)28/h1-5,7-11,27H,6,12-14H2. The molecule has 7 heteroatoms. The molecule has 0 aromatic heterocycles. The van der Waals surface area contributed by atoms with Gasteiger partial charge in [-0.1, -0.05) is 36.4 Å². The second kappa shape index (κ2) is 7.44. The largest absolute Gasteiger partial charge is 0.510 e. The number of aliphatic hydroxyl groups is 1. The number of amides is 1. The van der Waals surface area contributed by atoms with Crippen molar-refractivity contribution in [3.63, 3.8) is 0 Å². The van der Waals surface area contributed by atoms with Gasteiger partial charge in [0.1, 0.15) is 17.4 Å². The number of carbonyl (C=O) groups is 1. The van der Waals surface area contributed by atoms with Gasteiger partial charge < -0.3 is 10.0 Å². The van der Waals surface area contributed by atoms with Gasteiger partial charge in [0.25, 0.3) is 5.91 Å². The summed E-state index contributed by atoms with van der Waals surface area (Å²) in [5.74, 6) is -1.04. The van der Waals surface area contributed by atoms with Crippen molar-refractivity contribution in [1.29, 1.82) is 0 Å². The number of aliphatic hydroxyl groups excluding tert-OH is 1. The van der Waals surface area contributed by atoms with Gasteiger partial charge >= 0.3 is 0 Å². The normalized spacial score (nSPS) is 17.3. The van der Waals surface area contributed by atoms with Crippen molar-refractivity contribution < 1.29 is 18.7 Å². The van der Waals surface area contributed by atoms with Crippen molar-refractivity contribution in [1.82, 2.24) is 14.9 Å². The monoisotopic (exact) mass is 383 g/mol. The second-order valence-electron chi connectivity index (χ2n) is 6.76. The summed E-state index contributed by atoms with van der Waals surface area (Å²) in [7, 11) is 0. The van der Waals surface area contributed by atoms with E-state index in [1.165, 1.54) is 18.2 Å². The van der Waals surface area contributed by atoms with Crippen LogP contribution in [0.2, 0.25) is 0 Å². The fourth-order valence-corrected chi connectivity index (χ4v) is 3.39. The van der Waals surface area contributed by atoms with Gasteiger partial charge in [0.15, 0.2) is 5.70 Å². The van der Waals surface area contributed by atoms with Crippen molar-refractivity contribution in [3.8, 4) is 0 Å². The Morgan fingerprint density at radius 3 is 2.50 bits per heavy atom. The second-order valence-corrected chi connectivity index (χ2v) is 6.76. The third-order valence-corrected chi connectivity index (χ3v) is 4.79. The summed E-state index contributed by atoms with van der Waals surface area (Å²) >= 11 is 0. The molecule has 2 aliphatic heterocycles. The number of fused-ring (bicyclic) bond motifs is 1. The number of carbonyl (C=O) groups excluding carboxylic acids is 1. The summed E-state index contributed by atoms with van der Waals surface area (Å²) in [5.41, 5.74) is 1.41. The lowest BCUT2D eigenvalue weighted by Gasteiger charge is -2.45. The van der Waals surface area contributed by atoms with Crippen molar-refractivity contribution in [3.05, 3.63) is 95.0 Å². The Morgan fingerprint density at radius 2 is 1.75 bits per heavy atom. The molecule has 0 bridgehead atoms. The summed E-state index contributed by atoms with van der Waals surface area (Å²) in [6.07, 6.45) is 3.72. The number of hydrazine groups is 1. The van der Waals surface area contributed by atoms with E-state index in [2.05, 4.69) is 0 Å². The Hall–Kier alpha value is -3.19. The molecule has 144 valence electrons. The van der Waals surface area contributed by atoms with Crippen molar-refractivity contribution in [2.75, 3.05) is 6.67 Å². The minimum atomic E-state index is -0.348. The van der Waals surface area contributed by atoms with E-state index in [4.69, 9.17) is 0 Å². The number of nitrogens with zero attached hydrogens (tertiary/aromatic N) is 3. The van der Waals surface area contributed by atoms with Gasteiger partial charge in [0, 0.05) is 31.3 Å². The van der Waals surface area contributed by atoms with Gasteiger partial charge in [0.05, 0.1) is 6.67 Å². The number of rotatable bonds is 4. The minimum absolute atomic E-state index is 0.0326. The van der Waals surface area contributed by atoms with Crippen molar-refractivity contribution in [2.45, 2.75) is 19.5 Å². The Kier molecular flexibility index (Phi) is 4.83. The molecule has 0 unspecified atom stereocenters. The number of halogens is 2. The summed E-state index contributed by atoms with van der Waals surface area (Å²) in [4.78, 5) is 14.5. The molecule has 0 radical (unpaired) electrons. The Labute approximate surface area is 161 Å². The molecule has 0 atom stereocenters. The van der Waals surface area contributed by atoms with Gasteiger partial charge in [-0.2, -0.15) is 5.01 Å². The van der Waals surface area contributed by atoms with Crippen LogP contribution in [0.5, 0.6) is 0 Å². The van der Waals surface area contributed by atoms with Crippen LogP contribution in [0.1, 0.15) is 17.5 Å². The predicted molar refractivity (Wildman–Crippen MR) is 99.0 cm³/mol. The SMILES string of the molecule is O=C1C2=C(O)CC=CN2N(Cc2ccccc2F)CN1Cc1ccc(F)cc1. The minimum Gasteiger partial charge on any atom is -0.510 e. The van der Waals surface area contributed by atoms with Gasteiger partial charge in [-0.25, -0.2) is 8.78 Å². The molecule has 5 nitrogen and oxygen atoms in total. The van der Waals surface area contributed by atoms with Crippen molar-refractivity contribution in [2.24, 2.45) is 0 Å². The summed E-state index contributed by atoms with van der Waals surface area (Å²) < 4.78 is 27.3. The van der Waals surface area contributed by atoms with E-state index in [9.17, 15) is 18.7 Å². The zero-order valence-corrected chi connectivity index (χ0v) is 15.1. The molecule has 1 amide bonds. The van der Waals surface area contributed by atoms with Crippen LogP contribution in [0.4, 0.5) is 8.78 Å². The first-order valence-electron chi connectivity index (χ1n) is 8.93. The lowest BCUT2D eigenvalue weighted by Crippen LogP contribution is -2.56. The fourth-order valence-electron chi connectivity index (χ4n) is 3.39. The number of hydrogen-bond acceptors (Lipinski definition) is 4. The highest BCUT2D eigenvalue weighted by molar-refractivity contribution is 5.94. The maximum Gasteiger partial charge on any atom is 0.276 e. The maximum absolute atomic E-state index is 14.2. The van der Waals surface area contributed by atoms with Gasteiger partial charge in [-0.3, -0.25) is 9.80 Å². The molecule has 28 heavy (non-hydrogen) atoms. The van der Waals surface area contributed by atoms with E-state index in [0.29, 0.717) is 5.56 Å². The van der Waals surface area contributed by atoms with Gasteiger partial charge in [0.2, 0.25) is 0 Å². The van der Waals surface area contributed by atoms with Crippen LogP contribution in [0.15, 0.2) is 72.3 Å². The summed E-state index contributed by atoms with van der Waals surface area (Å²) in [5, 5.41) is 13.7. The van der Waals surface area contributed by atoms with Crippen LogP contribution in [-0.2, 0) is 17.9 Å². The Bertz CT molecular complexity index is 956. The lowest BCUT2D eigenvalue weighted by atomic mass is 10.1. The Balaban J connectivity index is 1.64. The highest BCUT2D eigenvalue weighted by Gasteiger charge is 2.37. The molecule has 0 spiro atoms. The van der Waals surface area contributed by atoms with Crippen LogP contribution in [-0.4, -0.2) is 32.6 Å². The first-order valence-corrected chi connectivity index (χ1v) is 8.93. The van der Waals surface area contributed by atoms with Crippen LogP contribution in [0.3, 0.4) is 0 Å². The van der Waals surface area contributed by atoms with E-state index >= 15 is 0 Å². The van der Waals surface area contributed by atoms with E-state index in [-0.39, 0.29) is 55.2 Å². The number of benzene rings is 2. The summed E-state index contributed by atoms with van der Waals surface area (Å²) in [6, 6.07) is 12.4.